The highest BCUT2D eigenvalue weighted by atomic mass is 16.5. The average molecular weight is 244 g/mol. The molecule has 0 fully saturated rings. The van der Waals surface area contributed by atoms with Crippen molar-refractivity contribution in [1.82, 2.24) is 14.8 Å². The van der Waals surface area contributed by atoms with Gasteiger partial charge in [0.15, 0.2) is 5.82 Å². The smallest absolute Gasteiger partial charge is 0.181 e. The summed E-state index contributed by atoms with van der Waals surface area (Å²) < 4.78 is 7.06. The van der Waals surface area contributed by atoms with Crippen molar-refractivity contribution in [2.45, 2.75) is 25.4 Å². The number of ether oxygens (including phenoxy) is 1. The molecule has 5 heteroatoms. The summed E-state index contributed by atoms with van der Waals surface area (Å²) in [5.41, 5.74) is 6.94. The molecule has 0 spiro atoms. The van der Waals surface area contributed by atoms with Crippen LogP contribution in [-0.2, 0) is 13.0 Å². The third-order valence-corrected chi connectivity index (χ3v) is 3.24. The quantitative estimate of drug-likeness (QED) is 0.862. The Labute approximate surface area is 106 Å². The fourth-order valence-electron chi connectivity index (χ4n) is 2.20. The SMILES string of the molecule is COc1ccc(-c2nc3n(n2)CC(N)CC3)cc1. The first kappa shape index (κ1) is 11.2. The Bertz CT molecular complexity index is 547. The van der Waals surface area contributed by atoms with Crippen LogP contribution in [0.4, 0.5) is 0 Å². The van der Waals surface area contributed by atoms with Gasteiger partial charge in [0.1, 0.15) is 11.6 Å². The topological polar surface area (TPSA) is 66.0 Å². The molecular formula is C13H16N4O. The number of hydrogen-bond donors (Lipinski definition) is 1. The van der Waals surface area contributed by atoms with Crippen molar-refractivity contribution in [1.29, 1.82) is 0 Å². The molecule has 0 saturated carbocycles. The Balaban J connectivity index is 1.92. The molecule has 1 atom stereocenters. The maximum Gasteiger partial charge on any atom is 0.181 e. The summed E-state index contributed by atoms with van der Waals surface area (Å²) in [5, 5.41) is 4.51. The zero-order chi connectivity index (χ0) is 12.5. The number of fused-ring (bicyclic) bond motifs is 1. The first-order chi connectivity index (χ1) is 8.76. The molecule has 0 aliphatic carbocycles. The summed E-state index contributed by atoms with van der Waals surface area (Å²) >= 11 is 0. The van der Waals surface area contributed by atoms with E-state index in [-0.39, 0.29) is 6.04 Å². The predicted molar refractivity (Wildman–Crippen MR) is 68.3 cm³/mol. The van der Waals surface area contributed by atoms with Crippen LogP contribution in [0.1, 0.15) is 12.2 Å². The fourth-order valence-corrected chi connectivity index (χ4v) is 2.20. The van der Waals surface area contributed by atoms with E-state index in [1.807, 2.05) is 28.9 Å². The van der Waals surface area contributed by atoms with Crippen molar-refractivity contribution in [3.63, 3.8) is 0 Å². The Morgan fingerprint density at radius 2 is 2.11 bits per heavy atom. The highest BCUT2D eigenvalue weighted by Gasteiger charge is 2.19. The minimum absolute atomic E-state index is 0.197. The van der Waals surface area contributed by atoms with Crippen LogP contribution in [0.3, 0.4) is 0 Å². The van der Waals surface area contributed by atoms with Crippen LogP contribution >= 0.6 is 0 Å². The van der Waals surface area contributed by atoms with Crippen LogP contribution in [0.25, 0.3) is 11.4 Å². The van der Waals surface area contributed by atoms with Gasteiger partial charge in [0, 0.05) is 18.0 Å². The van der Waals surface area contributed by atoms with Crippen molar-refractivity contribution < 1.29 is 4.74 Å². The normalized spacial score (nSPS) is 18.4. The van der Waals surface area contributed by atoms with Crippen molar-refractivity contribution >= 4 is 0 Å². The van der Waals surface area contributed by atoms with Crippen LogP contribution in [0, 0.1) is 0 Å². The number of nitrogens with two attached hydrogens (primary N) is 1. The molecule has 1 aromatic carbocycles. The van der Waals surface area contributed by atoms with Gasteiger partial charge in [0.25, 0.3) is 0 Å². The molecule has 2 heterocycles. The molecule has 2 aromatic rings. The molecule has 0 saturated heterocycles. The Morgan fingerprint density at radius 1 is 1.33 bits per heavy atom. The van der Waals surface area contributed by atoms with Gasteiger partial charge in [0.05, 0.1) is 13.7 Å². The third kappa shape index (κ3) is 1.97. The van der Waals surface area contributed by atoms with Crippen molar-refractivity contribution in [3.8, 4) is 17.1 Å². The maximum absolute atomic E-state index is 5.93. The molecule has 0 bridgehead atoms. The van der Waals surface area contributed by atoms with Crippen molar-refractivity contribution in [2.24, 2.45) is 5.73 Å². The highest BCUT2D eigenvalue weighted by molar-refractivity contribution is 5.55. The van der Waals surface area contributed by atoms with Gasteiger partial charge in [0.2, 0.25) is 0 Å². The number of methoxy groups -OCH3 is 1. The van der Waals surface area contributed by atoms with Gasteiger partial charge in [-0.3, -0.25) is 0 Å². The van der Waals surface area contributed by atoms with E-state index in [1.165, 1.54) is 0 Å². The summed E-state index contributed by atoms with van der Waals surface area (Å²) in [6.45, 7) is 0.762. The lowest BCUT2D eigenvalue weighted by molar-refractivity contribution is 0.415. The Morgan fingerprint density at radius 3 is 2.83 bits per heavy atom. The Hall–Kier alpha value is -1.88. The number of benzene rings is 1. The second-order valence-corrected chi connectivity index (χ2v) is 4.56. The second-order valence-electron chi connectivity index (χ2n) is 4.56. The minimum atomic E-state index is 0.197. The summed E-state index contributed by atoms with van der Waals surface area (Å²) in [6, 6.07) is 7.98. The Kier molecular flexibility index (Phi) is 2.76. The predicted octanol–water partition coefficient (Wildman–Crippen LogP) is 1.23. The van der Waals surface area contributed by atoms with Crippen LogP contribution < -0.4 is 10.5 Å². The van der Waals surface area contributed by atoms with Crippen LogP contribution in [0.5, 0.6) is 5.75 Å². The number of hydrogen-bond acceptors (Lipinski definition) is 4. The van der Waals surface area contributed by atoms with E-state index in [2.05, 4.69) is 10.1 Å². The third-order valence-electron chi connectivity index (χ3n) is 3.24. The first-order valence-electron chi connectivity index (χ1n) is 6.10. The number of aryl methyl sites for hydroxylation is 1. The fraction of sp³-hybridized carbons (Fsp3) is 0.385. The summed E-state index contributed by atoms with van der Waals surface area (Å²) in [7, 11) is 1.66. The van der Waals surface area contributed by atoms with Gasteiger partial charge >= 0.3 is 0 Å². The molecule has 0 radical (unpaired) electrons. The molecule has 2 N–H and O–H groups in total. The molecule has 0 amide bonds. The zero-order valence-electron chi connectivity index (χ0n) is 10.3. The van der Waals surface area contributed by atoms with Gasteiger partial charge in [-0.1, -0.05) is 0 Å². The average Bonchev–Trinajstić information content (AvgIpc) is 2.81. The van der Waals surface area contributed by atoms with Gasteiger partial charge in [-0.05, 0) is 30.7 Å². The number of nitrogens with zero attached hydrogens (tertiary/aromatic N) is 3. The van der Waals surface area contributed by atoms with Gasteiger partial charge in [-0.25, -0.2) is 9.67 Å². The van der Waals surface area contributed by atoms with Crippen LogP contribution in [0.15, 0.2) is 24.3 Å². The monoisotopic (exact) mass is 244 g/mol. The molecule has 3 rings (SSSR count). The van der Waals surface area contributed by atoms with Gasteiger partial charge < -0.3 is 10.5 Å². The largest absolute Gasteiger partial charge is 0.497 e. The van der Waals surface area contributed by atoms with E-state index in [4.69, 9.17) is 10.5 Å². The summed E-state index contributed by atoms with van der Waals surface area (Å²) in [5.74, 6) is 2.63. The molecule has 1 aromatic heterocycles. The summed E-state index contributed by atoms with van der Waals surface area (Å²) in [4.78, 5) is 4.57. The minimum Gasteiger partial charge on any atom is -0.497 e. The van der Waals surface area contributed by atoms with Crippen LogP contribution in [0.2, 0.25) is 0 Å². The van der Waals surface area contributed by atoms with E-state index in [0.717, 1.165) is 42.3 Å². The molecule has 94 valence electrons. The van der Waals surface area contributed by atoms with E-state index < -0.39 is 0 Å². The molecule has 18 heavy (non-hydrogen) atoms. The molecule has 1 aliphatic rings. The standard InChI is InChI=1S/C13H16N4O/c1-18-11-5-2-9(3-6-11)13-15-12-7-4-10(14)8-17(12)16-13/h2-3,5-6,10H,4,7-8,14H2,1H3. The lowest BCUT2D eigenvalue weighted by atomic mass is 10.1. The lowest BCUT2D eigenvalue weighted by Gasteiger charge is -2.17. The molecule has 1 aliphatic heterocycles. The lowest BCUT2D eigenvalue weighted by Crippen LogP contribution is -2.32. The number of rotatable bonds is 2. The number of aromatic nitrogens is 3. The van der Waals surface area contributed by atoms with Crippen molar-refractivity contribution in [2.75, 3.05) is 7.11 Å². The zero-order valence-corrected chi connectivity index (χ0v) is 10.3. The first-order valence-corrected chi connectivity index (χ1v) is 6.10. The van der Waals surface area contributed by atoms with E-state index >= 15 is 0 Å². The molecular weight excluding hydrogens is 228 g/mol. The van der Waals surface area contributed by atoms with E-state index in [0.29, 0.717) is 0 Å². The highest BCUT2D eigenvalue weighted by Crippen LogP contribution is 2.21. The van der Waals surface area contributed by atoms with E-state index in [9.17, 15) is 0 Å². The second kappa shape index (κ2) is 4.42. The van der Waals surface area contributed by atoms with Gasteiger partial charge in [-0.15, -0.1) is 0 Å². The molecule has 5 nitrogen and oxygen atoms in total. The van der Waals surface area contributed by atoms with Gasteiger partial charge in [-0.2, -0.15) is 5.10 Å². The maximum atomic E-state index is 5.93. The van der Waals surface area contributed by atoms with Crippen molar-refractivity contribution in [3.05, 3.63) is 30.1 Å². The van der Waals surface area contributed by atoms with Crippen LogP contribution in [-0.4, -0.2) is 27.9 Å². The molecule has 1 unspecified atom stereocenters. The van der Waals surface area contributed by atoms with E-state index in [1.54, 1.807) is 7.11 Å². The summed E-state index contributed by atoms with van der Waals surface area (Å²) in [6.07, 6.45) is 1.89.